The Kier molecular flexibility index (Phi) is 5.47. The Bertz CT molecular complexity index is 608. The van der Waals surface area contributed by atoms with Crippen LogP contribution in [-0.4, -0.2) is 24.5 Å². The minimum Gasteiger partial charge on any atom is -0.329 e. The third-order valence-corrected chi connectivity index (χ3v) is 5.06. The lowest BCUT2D eigenvalue weighted by Gasteiger charge is -2.41. The monoisotopic (exact) mass is 308 g/mol. The molecule has 0 bridgehead atoms. The molecule has 3 rings (SSSR count). The highest BCUT2D eigenvalue weighted by Gasteiger charge is 2.32. The molecule has 0 saturated carbocycles. The Morgan fingerprint density at radius 3 is 2.35 bits per heavy atom. The molecule has 2 heteroatoms. The number of unbranched alkanes of at least 4 members (excludes halogenated alkanes) is 2. The van der Waals surface area contributed by atoms with E-state index in [1.807, 2.05) is 0 Å². The molecule has 2 unspecified atom stereocenters. The van der Waals surface area contributed by atoms with Crippen molar-refractivity contribution in [2.75, 3.05) is 19.6 Å². The summed E-state index contributed by atoms with van der Waals surface area (Å²) in [7, 11) is 0. The van der Waals surface area contributed by atoms with Crippen molar-refractivity contribution in [3.63, 3.8) is 0 Å². The van der Waals surface area contributed by atoms with Gasteiger partial charge in [-0.25, -0.2) is 0 Å². The number of benzene rings is 2. The quantitative estimate of drug-likeness (QED) is 0.805. The molecular weight excluding hydrogens is 280 g/mol. The molecule has 0 radical (unpaired) electrons. The standard InChI is InChI=1S/C21H28N2/c1-2-3-9-14-23-16-20(17-10-5-4-6-11-17)18-12-7-8-13-19(18)21(23)15-22/h4-8,10-13,20-21H,2-3,9,14-16,22H2,1H3. The lowest BCUT2D eigenvalue weighted by Crippen LogP contribution is -2.42. The molecule has 1 aliphatic heterocycles. The maximum atomic E-state index is 6.16. The van der Waals surface area contributed by atoms with Crippen LogP contribution in [0.15, 0.2) is 54.6 Å². The minimum atomic E-state index is 0.364. The van der Waals surface area contributed by atoms with Gasteiger partial charge in [0.1, 0.15) is 0 Å². The zero-order valence-corrected chi connectivity index (χ0v) is 14.1. The number of nitrogens with two attached hydrogens (primary N) is 1. The summed E-state index contributed by atoms with van der Waals surface area (Å²) in [5.41, 5.74) is 10.5. The summed E-state index contributed by atoms with van der Waals surface area (Å²) in [5.74, 6) is 0.455. The first-order chi connectivity index (χ1) is 11.3. The van der Waals surface area contributed by atoms with E-state index in [9.17, 15) is 0 Å². The second-order valence-corrected chi connectivity index (χ2v) is 6.55. The highest BCUT2D eigenvalue weighted by atomic mass is 15.2. The van der Waals surface area contributed by atoms with Gasteiger partial charge in [-0.15, -0.1) is 0 Å². The number of fused-ring (bicyclic) bond motifs is 1. The first kappa shape index (κ1) is 16.2. The van der Waals surface area contributed by atoms with Gasteiger partial charge in [-0.2, -0.15) is 0 Å². The van der Waals surface area contributed by atoms with Crippen LogP contribution in [0, 0.1) is 0 Å². The lowest BCUT2D eigenvalue weighted by molar-refractivity contribution is 0.175. The summed E-state index contributed by atoms with van der Waals surface area (Å²) in [6, 6.07) is 20.1. The second kappa shape index (κ2) is 7.76. The number of rotatable bonds is 6. The summed E-state index contributed by atoms with van der Waals surface area (Å²) < 4.78 is 0. The molecule has 2 aromatic rings. The fourth-order valence-corrected chi connectivity index (χ4v) is 3.85. The number of nitrogens with zero attached hydrogens (tertiary/aromatic N) is 1. The molecule has 0 aromatic heterocycles. The predicted octanol–water partition coefficient (Wildman–Crippen LogP) is 4.32. The molecule has 0 aliphatic carbocycles. The molecule has 0 amide bonds. The average molecular weight is 308 g/mol. The Morgan fingerprint density at radius 1 is 0.957 bits per heavy atom. The van der Waals surface area contributed by atoms with Gasteiger partial charge in [-0.1, -0.05) is 74.4 Å². The molecule has 2 nitrogen and oxygen atoms in total. The van der Waals surface area contributed by atoms with Crippen molar-refractivity contribution in [1.29, 1.82) is 0 Å². The van der Waals surface area contributed by atoms with E-state index in [1.54, 1.807) is 0 Å². The highest BCUT2D eigenvalue weighted by molar-refractivity contribution is 5.42. The summed E-state index contributed by atoms with van der Waals surface area (Å²) in [6.07, 6.45) is 3.82. The SMILES string of the molecule is CCCCCN1CC(c2ccccc2)c2ccccc2C1CN. The Hall–Kier alpha value is -1.64. The van der Waals surface area contributed by atoms with Gasteiger partial charge < -0.3 is 5.73 Å². The van der Waals surface area contributed by atoms with Crippen molar-refractivity contribution in [1.82, 2.24) is 4.90 Å². The molecule has 2 N–H and O–H groups in total. The Morgan fingerprint density at radius 2 is 1.65 bits per heavy atom. The molecule has 1 aliphatic rings. The lowest BCUT2D eigenvalue weighted by atomic mass is 9.81. The van der Waals surface area contributed by atoms with Crippen LogP contribution in [0.25, 0.3) is 0 Å². The van der Waals surface area contributed by atoms with Crippen molar-refractivity contribution in [2.45, 2.75) is 38.1 Å². The number of hydrogen-bond donors (Lipinski definition) is 1. The molecule has 2 atom stereocenters. The molecule has 0 fully saturated rings. The van der Waals surface area contributed by atoms with E-state index in [-0.39, 0.29) is 0 Å². The van der Waals surface area contributed by atoms with E-state index in [1.165, 1.54) is 36.0 Å². The maximum absolute atomic E-state index is 6.16. The molecule has 0 spiro atoms. The molecule has 2 aromatic carbocycles. The largest absolute Gasteiger partial charge is 0.329 e. The summed E-state index contributed by atoms with van der Waals surface area (Å²) >= 11 is 0. The van der Waals surface area contributed by atoms with E-state index >= 15 is 0 Å². The van der Waals surface area contributed by atoms with Gasteiger partial charge in [-0.05, 0) is 29.7 Å². The van der Waals surface area contributed by atoms with Crippen molar-refractivity contribution in [2.24, 2.45) is 5.73 Å². The first-order valence-corrected chi connectivity index (χ1v) is 8.93. The molecule has 1 heterocycles. The first-order valence-electron chi connectivity index (χ1n) is 8.93. The van der Waals surface area contributed by atoms with E-state index in [4.69, 9.17) is 5.73 Å². The van der Waals surface area contributed by atoms with Crippen LogP contribution >= 0.6 is 0 Å². The van der Waals surface area contributed by atoms with Crippen LogP contribution in [0.1, 0.15) is 54.8 Å². The zero-order valence-electron chi connectivity index (χ0n) is 14.1. The maximum Gasteiger partial charge on any atom is 0.0473 e. The predicted molar refractivity (Wildman–Crippen MR) is 97.6 cm³/mol. The van der Waals surface area contributed by atoms with Crippen LogP contribution in [0.4, 0.5) is 0 Å². The van der Waals surface area contributed by atoms with Gasteiger partial charge in [0.2, 0.25) is 0 Å². The Balaban J connectivity index is 1.94. The van der Waals surface area contributed by atoms with Crippen LogP contribution in [0.3, 0.4) is 0 Å². The average Bonchev–Trinajstić information content (AvgIpc) is 2.62. The van der Waals surface area contributed by atoms with Crippen molar-refractivity contribution >= 4 is 0 Å². The normalized spacial score (nSPS) is 21.1. The minimum absolute atomic E-state index is 0.364. The van der Waals surface area contributed by atoms with Crippen molar-refractivity contribution in [3.05, 3.63) is 71.3 Å². The number of hydrogen-bond acceptors (Lipinski definition) is 2. The van der Waals surface area contributed by atoms with Gasteiger partial charge >= 0.3 is 0 Å². The smallest absolute Gasteiger partial charge is 0.0473 e. The van der Waals surface area contributed by atoms with Crippen LogP contribution in [0.2, 0.25) is 0 Å². The second-order valence-electron chi connectivity index (χ2n) is 6.55. The van der Waals surface area contributed by atoms with Gasteiger partial charge in [-0.3, -0.25) is 4.90 Å². The fourth-order valence-electron chi connectivity index (χ4n) is 3.85. The van der Waals surface area contributed by atoms with Crippen LogP contribution in [-0.2, 0) is 0 Å². The Labute approximate surface area is 140 Å². The third kappa shape index (κ3) is 3.49. The summed E-state index contributed by atoms with van der Waals surface area (Å²) in [6.45, 7) is 5.18. The third-order valence-electron chi connectivity index (χ3n) is 5.06. The van der Waals surface area contributed by atoms with Crippen molar-refractivity contribution < 1.29 is 0 Å². The molecule has 0 saturated heterocycles. The van der Waals surface area contributed by atoms with E-state index in [0.717, 1.165) is 13.1 Å². The van der Waals surface area contributed by atoms with Gasteiger partial charge in [0, 0.05) is 25.0 Å². The summed E-state index contributed by atoms with van der Waals surface area (Å²) in [4.78, 5) is 2.61. The molecular formula is C21H28N2. The van der Waals surface area contributed by atoms with Gasteiger partial charge in [0.05, 0.1) is 0 Å². The fraction of sp³-hybridized carbons (Fsp3) is 0.429. The highest BCUT2D eigenvalue weighted by Crippen LogP contribution is 2.38. The van der Waals surface area contributed by atoms with Crippen LogP contribution in [0.5, 0.6) is 0 Å². The van der Waals surface area contributed by atoms with Crippen molar-refractivity contribution in [3.8, 4) is 0 Å². The molecule has 122 valence electrons. The van der Waals surface area contributed by atoms with Gasteiger partial charge in [0.15, 0.2) is 0 Å². The van der Waals surface area contributed by atoms with E-state index in [2.05, 4.69) is 66.4 Å². The topological polar surface area (TPSA) is 29.3 Å². The van der Waals surface area contributed by atoms with Gasteiger partial charge in [0.25, 0.3) is 0 Å². The van der Waals surface area contributed by atoms with E-state index in [0.29, 0.717) is 18.5 Å². The summed E-state index contributed by atoms with van der Waals surface area (Å²) in [5, 5.41) is 0. The van der Waals surface area contributed by atoms with E-state index < -0.39 is 0 Å². The zero-order chi connectivity index (χ0) is 16.1. The van der Waals surface area contributed by atoms with Crippen LogP contribution < -0.4 is 5.73 Å². The molecule has 23 heavy (non-hydrogen) atoms.